The second-order valence-corrected chi connectivity index (χ2v) is 4.77. The lowest BCUT2D eigenvalue weighted by Crippen LogP contribution is -2.08. The fraction of sp³-hybridized carbons (Fsp3) is 0.143. The second kappa shape index (κ2) is 5.46. The van der Waals surface area contributed by atoms with E-state index in [0.29, 0.717) is 11.3 Å². The summed E-state index contributed by atoms with van der Waals surface area (Å²) in [6, 6.07) is 5.47. The quantitative estimate of drug-likeness (QED) is 0.900. The van der Waals surface area contributed by atoms with Crippen molar-refractivity contribution < 1.29 is 14.3 Å². The Morgan fingerprint density at radius 2 is 2.05 bits per heavy atom. The summed E-state index contributed by atoms with van der Waals surface area (Å²) in [6.45, 7) is 3.42. The molecule has 6 heteroatoms. The number of carboxylic acid groups (broad SMARTS) is 1. The third-order valence-corrected chi connectivity index (χ3v) is 3.07. The molecule has 0 aliphatic carbocycles. The van der Waals surface area contributed by atoms with Gasteiger partial charge in [-0.3, -0.25) is 0 Å². The maximum Gasteiger partial charge on any atom is 0.339 e. The van der Waals surface area contributed by atoms with Gasteiger partial charge in [0.05, 0.1) is 10.7 Å². The minimum atomic E-state index is -1.11. The number of aromatic carboxylic acids is 1. The zero-order valence-corrected chi connectivity index (χ0v) is 11.6. The molecule has 0 amide bonds. The van der Waals surface area contributed by atoms with Crippen LogP contribution in [-0.4, -0.2) is 16.1 Å². The van der Waals surface area contributed by atoms with Gasteiger partial charge in [0, 0.05) is 5.69 Å². The Kier molecular flexibility index (Phi) is 3.90. The maximum atomic E-state index is 13.2. The smallest absolute Gasteiger partial charge is 0.339 e. The molecule has 0 saturated heterocycles. The Hall–Kier alpha value is -2.14. The Balaban J connectivity index is 2.53. The van der Waals surface area contributed by atoms with Gasteiger partial charge < -0.3 is 10.4 Å². The van der Waals surface area contributed by atoms with Crippen molar-refractivity contribution in [1.29, 1.82) is 0 Å². The molecule has 2 aromatic rings. The standard InChI is InChI=1S/C14H12ClFN2O2/c1-7-5-8(2)17-13(12(7)14(19)20)18-11-6-9(16)3-4-10(11)15/h3-6H,1-2H3,(H,17,18)(H,19,20). The molecule has 0 fully saturated rings. The third kappa shape index (κ3) is 2.88. The molecule has 2 rings (SSSR count). The zero-order valence-electron chi connectivity index (χ0n) is 10.9. The number of carbonyl (C=O) groups is 1. The van der Waals surface area contributed by atoms with E-state index in [1.807, 2.05) is 0 Å². The minimum absolute atomic E-state index is 0.0379. The van der Waals surface area contributed by atoms with Crippen LogP contribution in [0.4, 0.5) is 15.9 Å². The number of aryl methyl sites for hydroxylation is 2. The van der Waals surface area contributed by atoms with Crippen LogP contribution in [0.1, 0.15) is 21.6 Å². The summed E-state index contributed by atoms with van der Waals surface area (Å²) in [5, 5.41) is 12.3. The molecule has 20 heavy (non-hydrogen) atoms. The van der Waals surface area contributed by atoms with Gasteiger partial charge in [0.1, 0.15) is 17.2 Å². The number of hydrogen-bond acceptors (Lipinski definition) is 3. The molecule has 2 N–H and O–H groups in total. The highest BCUT2D eigenvalue weighted by molar-refractivity contribution is 6.33. The largest absolute Gasteiger partial charge is 0.478 e. The van der Waals surface area contributed by atoms with Gasteiger partial charge in [-0.15, -0.1) is 0 Å². The molecule has 1 heterocycles. The van der Waals surface area contributed by atoms with Gasteiger partial charge in [-0.25, -0.2) is 14.2 Å². The van der Waals surface area contributed by atoms with E-state index in [2.05, 4.69) is 10.3 Å². The Morgan fingerprint density at radius 3 is 2.70 bits per heavy atom. The molecule has 0 unspecified atom stereocenters. The van der Waals surface area contributed by atoms with Crippen molar-refractivity contribution in [2.24, 2.45) is 0 Å². The van der Waals surface area contributed by atoms with Crippen LogP contribution in [0, 0.1) is 19.7 Å². The van der Waals surface area contributed by atoms with Crippen LogP contribution in [0.3, 0.4) is 0 Å². The number of aromatic nitrogens is 1. The molecule has 1 aromatic heterocycles. The van der Waals surface area contributed by atoms with Crippen LogP contribution in [0.2, 0.25) is 5.02 Å². The van der Waals surface area contributed by atoms with E-state index in [1.54, 1.807) is 19.9 Å². The summed E-state index contributed by atoms with van der Waals surface area (Å²) >= 11 is 5.95. The maximum absolute atomic E-state index is 13.2. The molecule has 0 bridgehead atoms. The van der Waals surface area contributed by atoms with Crippen LogP contribution in [-0.2, 0) is 0 Å². The van der Waals surface area contributed by atoms with E-state index < -0.39 is 11.8 Å². The van der Waals surface area contributed by atoms with Crippen molar-refractivity contribution in [3.63, 3.8) is 0 Å². The highest BCUT2D eigenvalue weighted by Gasteiger charge is 2.16. The van der Waals surface area contributed by atoms with E-state index in [1.165, 1.54) is 18.2 Å². The summed E-state index contributed by atoms with van der Waals surface area (Å²) in [5.41, 5.74) is 1.53. The third-order valence-electron chi connectivity index (χ3n) is 2.74. The lowest BCUT2D eigenvalue weighted by molar-refractivity contribution is 0.0697. The van der Waals surface area contributed by atoms with Crippen molar-refractivity contribution in [3.8, 4) is 0 Å². The van der Waals surface area contributed by atoms with Gasteiger partial charge in [-0.2, -0.15) is 0 Å². The topological polar surface area (TPSA) is 62.2 Å². The lowest BCUT2D eigenvalue weighted by atomic mass is 10.1. The molecular weight excluding hydrogens is 283 g/mol. The van der Waals surface area contributed by atoms with Gasteiger partial charge in [0.2, 0.25) is 0 Å². The van der Waals surface area contributed by atoms with Crippen molar-refractivity contribution in [1.82, 2.24) is 4.98 Å². The monoisotopic (exact) mass is 294 g/mol. The summed E-state index contributed by atoms with van der Waals surface area (Å²) in [4.78, 5) is 15.5. The first-order chi connectivity index (χ1) is 9.38. The molecule has 0 aliphatic heterocycles. The van der Waals surface area contributed by atoms with Crippen molar-refractivity contribution in [3.05, 3.63) is 51.9 Å². The van der Waals surface area contributed by atoms with Crippen molar-refractivity contribution >= 4 is 29.1 Å². The first kappa shape index (κ1) is 14.3. The molecule has 104 valence electrons. The number of nitrogens with one attached hydrogen (secondary N) is 1. The van der Waals surface area contributed by atoms with Crippen LogP contribution in [0.25, 0.3) is 0 Å². The van der Waals surface area contributed by atoms with Crippen LogP contribution in [0.5, 0.6) is 0 Å². The van der Waals surface area contributed by atoms with Gasteiger partial charge in [-0.1, -0.05) is 11.6 Å². The number of hydrogen-bond donors (Lipinski definition) is 2. The minimum Gasteiger partial charge on any atom is -0.478 e. The Labute approximate surface area is 120 Å². The highest BCUT2D eigenvalue weighted by Crippen LogP contribution is 2.28. The summed E-state index contributed by atoms with van der Waals surface area (Å²) in [5.74, 6) is -1.44. The average Bonchev–Trinajstić information content (AvgIpc) is 2.32. The molecule has 0 atom stereocenters. The number of carboxylic acids is 1. The first-order valence-corrected chi connectivity index (χ1v) is 6.20. The van der Waals surface area contributed by atoms with Gasteiger partial charge >= 0.3 is 5.97 Å². The van der Waals surface area contributed by atoms with Crippen LogP contribution < -0.4 is 5.32 Å². The number of rotatable bonds is 3. The predicted molar refractivity (Wildman–Crippen MR) is 75.4 cm³/mol. The number of nitrogens with zero attached hydrogens (tertiary/aromatic N) is 1. The first-order valence-electron chi connectivity index (χ1n) is 5.82. The number of anilines is 2. The predicted octanol–water partition coefficient (Wildman–Crippen LogP) is 3.93. The number of benzene rings is 1. The van der Waals surface area contributed by atoms with E-state index in [9.17, 15) is 14.3 Å². The van der Waals surface area contributed by atoms with Gasteiger partial charge in [0.25, 0.3) is 0 Å². The fourth-order valence-electron chi connectivity index (χ4n) is 1.92. The van der Waals surface area contributed by atoms with E-state index in [4.69, 9.17) is 11.6 Å². The van der Waals surface area contributed by atoms with Crippen molar-refractivity contribution in [2.45, 2.75) is 13.8 Å². The van der Waals surface area contributed by atoms with Gasteiger partial charge in [0.15, 0.2) is 0 Å². The fourth-order valence-corrected chi connectivity index (χ4v) is 2.08. The highest BCUT2D eigenvalue weighted by atomic mass is 35.5. The zero-order chi connectivity index (χ0) is 14.9. The molecule has 4 nitrogen and oxygen atoms in total. The number of halogens is 2. The lowest BCUT2D eigenvalue weighted by Gasteiger charge is -2.13. The molecule has 1 aromatic carbocycles. The van der Waals surface area contributed by atoms with E-state index >= 15 is 0 Å². The average molecular weight is 295 g/mol. The molecule has 0 aliphatic rings. The SMILES string of the molecule is Cc1cc(C)c(C(=O)O)c(Nc2cc(F)ccc2Cl)n1. The van der Waals surface area contributed by atoms with E-state index in [-0.39, 0.29) is 22.1 Å². The summed E-state index contributed by atoms with van der Waals surface area (Å²) < 4.78 is 13.2. The van der Waals surface area contributed by atoms with E-state index in [0.717, 1.165) is 0 Å². The van der Waals surface area contributed by atoms with Crippen molar-refractivity contribution in [2.75, 3.05) is 5.32 Å². The normalized spacial score (nSPS) is 10.4. The van der Waals surface area contributed by atoms with Crippen LogP contribution >= 0.6 is 11.6 Å². The molecule has 0 saturated carbocycles. The van der Waals surface area contributed by atoms with Gasteiger partial charge in [-0.05, 0) is 43.7 Å². The summed E-state index contributed by atoms with van der Waals surface area (Å²) in [6.07, 6.45) is 0. The Morgan fingerprint density at radius 1 is 1.35 bits per heavy atom. The van der Waals surface area contributed by atoms with Crippen LogP contribution in [0.15, 0.2) is 24.3 Å². The molecule has 0 spiro atoms. The summed E-state index contributed by atoms with van der Waals surface area (Å²) in [7, 11) is 0. The Bertz CT molecular complexity index is 689. The molecule has 0 radical (unpaired) electrons. The molecular formula is C14H12ClFN2O2. The second-order valence-electron chi connectivity index (χ2n) is 4.36. The number of pyridine rings is 1.